The first-order valence-electron chi connectivity index (χ1n) is 9.48. The molecule has 1 unspecified atom stereocenters. The van der Waals surface area contributed by atoms with Gasteiger partial charge in [0.1, 0.15) is 11.5 Å². The average Bonchev–Trinajstić information content (AvgIpc) is 3.18. The lowest BCUT2D eigenvalue weighted by atomic mass is 10.1. The monoisotopic (exact) mass is 495 g/mol. The van der Waals surface area contributed by atoms with Crippen LogP contribution in [0.3, 0.4) is 0 Å². The molecule has 0 aromatic heterocycles. The van der Waals surface area contributed by atoms with Crippen molar-refractivity contribution in [3.8, 4) is 11.5 Å². The maximum Gasteiger partial charge on any atom is 0.193 e. The number of halogens is 1. The molecule has 2 aromatic rings. The second kappa shape index (κ2) is 11.3. The highest BCUT2D eigenvalue weighted by Crippen LogP contribution is 2.27. The summed E-state index contributed by atoms with van der Waals surface area (Å²) in [5, 5.41) is 3.46. The van der Waals surface area contributed by atoms with Crippen molar-refractivity contribution in [3.05, 3.63) is 59.7 Å². The van der Waals surface area contributed by atoms with Gasteiger partial charge >= 0.3 is 0 Å². The molecule has 0 amide bonds. The third kappa shape index (κ3) is 6.10. The smallest absolute Gasteiger partial charge is 0.193 e. The van der Waals surface area contributed by atoms with Crippen LogP contribution >= 0.6 is 24.0 Å². The van der Waals surface area contributed by atoms with Crippen LogP contribution in [0.25, 0.3) is 0 Å². The first-order chi connectivity index (χ1) is 13.2. The molecule has 0 bridgehead atoms. The highest BCUT2D eigenvalue weighted by molar-refractivity contribution is 14.0. The number of rotatable bonds is 6. The van der Waals surface area contributed by atoms with Crippen LogP contribution in [0.1, 0.15) is 17.5 Å². The number of aliphatic imine (C=N–C) groups is 1. The summed E-state index contributed by atoms with van der Waals surface area (Å²) < 4.78 is 11.6. The van der Waals surface area contributed by atoms with E-state index in [2.05, 4.69) is 41.3 Å². The Labute approximate surface area is 185 Å². The molecule has 152 valence electrons. The molecular formula is C22H30IN3O2. The van der Waals surface area contributed by atoms with Gasteiger partial charge in [-0.3, -0.25) is 4.99 Å². The summed E-state index contributed by atoms with van der Waals surface area (Å²) in [6.45, 7) is 5.36. The molecule has 1 fully saturated rings. The largest absolute Gasteiger partial charge is 0.457 e. The fourth-order valence-corrected chi connectivity index (χ4v) is 3.30. The summed E-state index contributed by atoms with van der Waals surface area (Å²) in [7, 11) is 3.89. The number of nitrogens with one attached hydrogen (secondary N) is 1. The van der Waals surface area contributed by atoms with Crippen molar-refractivity contribution in [2.45, 2.75) is 19.9 Å². The predicted molar refractivity (Wildman–Crippen MR) is 125 cm³/mol. The quantitative estimate of drug-likeness (QED) is 0.366. The van der Waals surface area contributed by atoms with Crippen LogP contribution in [0.2, 0.25) is 0 Å². The van der Waals surface area contributed by atoms with Crippen LogP contribution in [0.15, 0.2) is 53.5 Å². The first-order valence-corrected chi connectivity index (χ1v) is 9.48. The van der Waals surface area contributed by atoms with Gasteiger partial charge in [0.25, 0.3) is 0 Å². The molecule has 0 radical (unpaired) electrons. The Kier molecular flexibility index (Phi) is 9.05. The van der Waals surface area contributed by atoms with E-state index < -0.39 is 0 Å². The molecule has 1 N–H and O–H groups in total. The van der Waals surface area contributed by atoms with Crippen LogP contribution in [0.4, 0.5) is 0 Å². The summed E-state index contributed by atoms with van der Waals surface area (Å²) in [6, 6.07) is 16.2. The topological polar surface area (TPSA) is 46.1 Å². The molecule has 28 heavy (non-hydrogen) atoms. The van der Waals surface area contributed by atoms with Crippen molar-refractivity contribution in [1.82, 2.24) is 10.2 Å². The van der Waals surface area contributed by atoms with Gasteiger partial charge in [0.15, 0.2) is 5.96 Å². The first kappa shape index (κ1) is 22.5. The lowest BCUT2D eigenvalue weighted by Crippen LogP contribution is -2.41. The number of ether oxygens (including phenoxy) is 2. The third-order valence-electron chi connectivity index (χ3n) is 4.85. The highest BCUT2D eigenvalue weighted by atomic mass is 127. The van der Waals surface area contributed by atoms with E-state index in [1.165, 1.54) is 0 Å². The summed E-state index contributed by atoms with van der Waals surface area (Å²) in [5.74, 6) is 3.20. The zero-order chi connectivity index (χ0) is 19.1. The van der Waals surface area contributed by atoms with E-state index in [0.29, 0.717) is 12.5 Å². The van der Waals surface area contributed by atoms with E-state index in [4.69, 9.17) is 9.47 Å². The molecule has 1 heterocycles. The summed E-state index contributed by atoms with van der Waals surface area (Å²) in [5.41, 5.74) is 2.22. The fraction of sp³-hybridized carbons (Fsp3) is 0.409. The van der Waals surface area contributed by atoms with E-state index in [0.717, 1.165) is 54.8 Å². The molecule has 1 aliphatic heterocycles. The second-order valence-electron chi connectivity index (χ2n) is 6.99. The SMILES string of the molecule is CN=C(NCc1ccccc1Oc1ccccc1C)N(C)CC1CCOC1.I. The molecule has 2 aromatic carbocycles. The van der Waals surface area contributed by atoms with Gasteiger partial charge in [-0.25, -0.2) is 0 Å². The Balaban J connectivity index is 0.00000280. The van der Waals surface area contributed by atoms with Crippen LogP contribution < -0.4 is 10.1 Å². The minimum absolute atomic E-state index is 0. The number of aryl methyl sites for hydroxylation is 1. The minimum Gasteiger partial charge on any atom is -0.457 e. The van der Waals surface area contributed by atoms with Gasteiger partial charge in [-0.15, -0.1) is 24.0 Å². The zero-order valence-corrected chi connectivity index (χ0v) is 19.2. The maximum atomic E-state index is 6.16. The number of para-hydroxylation sites is 2. The van der Waals surface area contributed by atoms with Crippen molar-refractivity contribution in [2.24, 2.45) is 10.9 Å². The highest BCUT2D eigenvalue weighted by Gasteiger charge is 2.19. The van der Waals surface area contributed by atoms with Crippen LogP contribution in [-0.4, -0.2) is 44.7 Å². The summed E-state index contributed by atoms with van der Waals surface area (Å²) in [4.78, 5) is 6.59. The van der Waals surface area contributed by atoms with E-state index in [1.807, 2.05) is 43.4 Å². The standard InChI is InChI=1S/C22H29N3O2.HI/c1-17-8-4-6-10-20(17)27-21-11-7-5-9-19(21)14-24-22(23-2)25(3)15-18-12-13-26-16-18;/h4-11,18H,12-16H2,1-3H3,(H,23,24);1H. The number of hydrogen-bond acceptors (Lipinski definition) is 3. The van der Waals surface area contributed by atoms with Crippen LogP contribution in [-0.2, 0) is 11.3 Å². The molecule has 5 nitrogen and oxygen atoms in total. The van der Waals surface area contributed by atoms with Gasteiger partial charge in [-0.2, -0.15) is 0 Å². The normalized spacial score (nSPS) is 16.4. The maximum absolute atomic E-state index is 6.16. The van der Waals surface area contributed by atoms with Gasteiger partial charge in [-0.05, 0) is 31.0 Å². The number of nitrogens with zero attached hydrogens (tertiary/aromatic N) is 2. The van der Waals surface area contributed by atoms with Gasteiger partial charge < -0.3 is 19.7 Å². The Bertz CT molecular complexity index is 776. The Morgan fingerprint density at radius 1 is 1.18 bits per heavy atom. The van der Waals surface area contributed by atoms with E-state index >= 15 is 0 Å². The van der Waals surface area contributed by atoms with Gasteiger partial charge in [0, 0.05) is 45.3 Å². The lowest BCUT2D eigenvalue weighted by molar-refractivity contribution is 0.181. The Hall–Kier alpha value is -1.80. The van der Waals surface area contributed by atoms with E-state index in [-0.39, 0.29) is 24.0 Å². The van der Waals surface area contributed by atoms with Crippen molar-refractivity contribution < 1.29 is 9.47 Å². The lowest BCUT2D eigenvalue weighted by Gasteiger charge is -2.25. The molecule has 0 saturated carbocycles. The van der Waals surface area contributed by atoms with Crippen molar-refractivity contribution >= 4 is 29.9 Å². The Morgan fingerprint density at radius 2 is 1.89 bits per heavy atom. The van der Waals surface area contributed by atoms with Crippen LogP contribution in [0.5, 0.6) is 11.5 Å². The van der Waals surface area contributed by atoms with Crippen molar-refractivity contribution in [2.75, 3.05) is 33.9 Å². The molecule has 6 heteroatoms. The summed E-state index contributed by atoms with van der Waals surface area (Å²) in [6.07, 6.45) is 1.12. The zero-order valence-electron chi connectivity index (χ0n) is 16.9. The predicted octanol–water partition coefficient (Wildman–Crippen LogP) is 4.45. The molecule has 3 rings (SSSR count). The molecule has 1 saturated heterocycles. The average molecular weight is 495 g/mol. The van der Waals surface area contributed by atoms with Gasteiger partial charge in [-0.1, -0.05) is 36.4 Å². The van der Waals surface area contributed by atoms with Gasteiger partial charge in [0.2, 0.25) is 0 Å². The minimum atomic E-state index is 0. The van der Waals surface area contributed by atoms with Crippen LogP contribution in [0, 0.1) is 12.8 Å². The number of benzene rings is 2. The fourth-order valence-electron chi connectivity index (χ4n) is 3.30. The van der Waals surface area contributed by atoms with E-state index in [1.54, 1.807) is 0 Å². The second-order valence-corrected chi connectivity index (χ2v) is 6.99. The molecule has 1 atom stereocenters. The van der Waals surface area contributed by atoms with Crippen molar-refractivity contribution in [1.29, 1.82) is 0 Å². The Morgan fingerprint density at radius 3 is 2.57 bits per heavy atom. The third-order valence-corrected chi connectivity index (χ3v) is 4.85. The molecule has 0 spiro atoms. The number of guanidine groups is 1. The van der Waals surface area contributed by atoms with E-state index in [9.17, 15) is 0 Å². The summed E-state index contributed by atoms with van der Waals surface area (Å²) >= 11 is 0. The molecule has 0 aliphatic carbocycles. The van der Waals surface area contributed by atoms with Crippen molar-refractivity contribution in [3.63, 3.8) is 0 Å². The number of hydrogen-bond donors (Lipinski definition) is 1. The molecule has 1 aliphatic rings. The molecular weight excluding hydrogens is 465 g/mol. The van der Waals surface area contributed by atoms with Gasteiger partial charge in [0.05, 0.1) is 6.61 Å².